The molecular weight excluding hydrogens is 428 g/mol. The van der Waals surface area contributed by atoms with Crippen LogP contribution >= 0.6 is 24.0 Å². The molecule has 0 radical (unpaired) electrons. The number of carbonyl (C=O) groups excluding carboxylic acids is 1. The number of rotatable bonds is 4. The van der Waals surface area contributed by atoms with E-state index in [1.54, 1.807) is 0 Å². The third-order valence-corrected chi connectivity index (χ3v) is 8.00. The highest BCUT2D eigenvalue weighted by molar-refractivity contribution is 8.26. The molecule has 3 aliphatic rings. The van der Waals surface area contributed by atoms with E-state index in [0.717, 1.165) is 11.1 Å². The molecule has 0 spiro atoms. The molecule has 1 amide bonds. The molecule has 158 valence electrons. The molecule has 1 aliphatic carbocycles. The Morgan fingerprint density at radius 1 is 1.19 bits per heavy atom. The molecule has 1 saturated carbocycles. The van der Waals surface area contributed by atoms with Crippen molar-refractivity contribution in [1.82, 2.24) is 4.90 Å². The van der Waals surface area contributed by atoms with Gasteiger partial charge in [-0.25, -0.2) is 0 Å². The molecule has 2 unspecified atom stereocenters. The lowest BCUT2D eigenvalue weighted by Crippen LogP contribution is -2.33. The van der Waals surface area contributed by atoms with Gasteiger partial charge in [-0.15, -0.1) is 0 Å². The van der Waals surface area contributed by atoms with Gasteiger partial charge in [0.15, 0.2) is 0 Å². The minimum absolute atomic E-state index is 0.300. The van der Waals surface area contributed by atoms with Gasteiger partial charge in [-0.05, 0) is 60.7 Å². The van der Waals surface area contributed by atoms with Gasteiger partial charge in [-0.2, -0.15) is 0 Å². The molecule has 5 rings (SSSR count). The van der Waals surface area contributed by atoms with E-state index in [1.165, 1.54) is 52.9 Å². The van der Waals surface area contributed by atoms with E-state index in [-0.39, 0.29) is 5.91 Å². The number of allylic oxidation sites excluding steroid dienone is 1. The fourth-order valence-corrected chi connectivity index (χ4v) is 6.34. The van der Waals surface area contributed by atoms with Gasteiger partial charge < -0.3 is 10.0 Å². The zero-order valence-corrected chi connectivity index (χ0v) is 18.7. The number of hydrogen-bond donors (Lipinski definition) is 1. The molecule has 1 saturated heterocycles. The summed E-state index contributed by atoms with van der Waals surface area (Å²) in [5.74, 6) is -0.898. The van der Waals surface area contributed by atoms with E-state index in [4.69, 9.17) is 17.3 Å². The number of anilines is 2. The van der Waals surface area contributed by atoms with Gasteiger partial charge in [0.1, 0.15) is 10.9 Å². The maximum atomic E-state index is 12.8. The first-order valence-electron chi connectivity index (χ1n) is 10.4. The Bertz CT molecular complexity index is 1130. The van der Waals surface area contributed by atoms with Crippen molar-refractivity contribution in [2.75, 3.05) is 11.4 Å². The van der Waals surface area contributed by atoms with E-state index in [9.17, 15) is 9.59 Å². The Hall–Kier alpha value is -2.64. The summed E-state index contributed by atoms with van der Waals surface area (Å²) in [5, 5.41) is 9.08. The van der Waals surface area contributed by atoms with Crippen LogP contribution in [0.3, 0.4) is 0 Å². The maximum absolute atomic E-state index is 12.8. The summed E-state index contributed by atoms with van der Waals surface area (Å²) in [6.45, 7) is 1.52. The zero-order chi connectivity index (χ0) is 21.7. The number of para-hydroxylation sites is 1. The van der Waals surface area contributed by atoms with E-state index in [1.807, 2.05) is 13.0 Å². The molecule has 2 fully saturated rings. The number of carbonyl (C=O) groups is 2. The van der Waals surface area contributed by atoms with Crippen LogP contribution in [0.15, 0.2) is 53.4 Å². The molecule has 2 aromatic rings. The summed E-state index contributed by atoms with van der Waals surface area (Å²) in [5.41, 5.74) is 5.65. The number of amides is 1. The Morgan fingerprint density at radius 2 is 1.97 bits per heavy atom. The summed E-state index contributed by atoms with van der Waals surface area (Å²) in [6.07, 6.45) is 3.57. The van der Waals surface area contributed by atoms with Crippen molar-refractivity contribution in [3.05, 3.63) is 64.6 Å². The van der Waals surface area contributed by atoms with Crippen LogP contribution in [0, 0.1) is 0 Å². The molecule has 7 heteroatoms. The standard InChI is InChI=1S/C24H22N2O3S2/c1-14(22-23(29)25(13-21(27)28)24(30)31-22)15-10-11-20-18(12-15)17-8-5-9-19(17)26(20)16-6-3-2-4-7-16/h2-4,6-7,10-12,17,19H,5,8-9,13H2,1H3,(H,27,28)/b22-14+. The first-order valence-corrected chi connectivity index (χ1v) is 11.6. The van der Waals surface area contributed by atoms with E-state index >= 15 is 0 Å². The van der Waals surface area contributed by atoms with Crippen molar-refractivity contribution in [3.8, 4) is 0 Å². The lowest BCUT2D eigenvalue weighted by molar-refractivity contribution is -0.140. The highest BCUT2D eigenvalue weighted by Gasteiger charge is 2.42. The smallest absolute Gasteiger partial charge is 0.323 e. The molecular formula is C24H22N2O3S2. The monoisotopic (exact) mass is 450 g/mol. The van der Waals surface area contributed by atoms with Crippen LogP contribution in [0.5, 0.6) is 0 Å². The second-order valence-electron chi connectivity index (χ2n) is 8.19. The first-order chi connectivity index (χ1) is 15.0. The zero-order valence-electron chi connectivity index (χ0n) is 17.1. The van der Waals surface area contributed by atoms with Gasteiger partial charge in [0.25, 0.3) is 5.91 Å². The van der Waals surface area contributed by atoms with Crippen LogP contribution in [0.25, 0.3) is 5.57 Å². The van der Waals surface area contributed by atoms with Crippen molar-refractivity contribution in [1.29, 1.82) is 0 Å². The summed E-state index contributed by atoms with van der Waals surface area (Å²) >= 11 is 6.45. The largest absolute Gasteiger partial charge is 0.480 e. The number of aliphatic carboxylic acids is 1. The van der Waals surface area contributed by atoms with Gasteiger partial charge in [0.2, 0.25) is 0 Å². The quantitative estimate of drug-likeness (QED) is 0.513. The highest BCUT2D eigenvalue weighted by Crippen LogP contribution is 2.53. The summed E-state index contributed by atoms with van der Waals surface area (Å²) < 4.78 is 0.300. The fourth-order valence-electron chi connectivity index (χ4n) is 5.05. The second-order valence-corrected chi connectivity index (χ2v) is 9.84. The fraction of sp³-hybridized carbons (Fsp3) is 0.292. The van der Waals surface area contributed by atoms with Crippen LogP contribution in [0.4, 0.5) is 11.4 Å². The lowest BCUT2D eigenvalue weighted by Gasteiger charge is -2.27. The van der Waals surface area contributed by atoms with Crippen molar-refractivity contribution in [3.63, 3.8) is 0 Å². The van der Waals surface area contributed by atoms with Gasteiger partial charge >= 0.3 is 5.97 Å². The van der Waals surface area contributed by atoms with Crippen LogP contribution in [-0.2, 0) is 9.59 Å². The van der Waals surface area contributed by atoms with Crippen molar-refractivity contribution >= 4 is 57.1 Å². The van der Waals surface area contributed by atoms with E-state index in [0.29, 0.717) is 21.2 Å². The molecule has 2 heterocycles. The first kappa shape index (κ1) is 20.3. The summed E-state index contributed by atoms with van der Waals surface area (Å²) in [4.78, 5) is 28.1. The van der Waals surface area contributed by atoms with Crippen molar-refractivity contribution < 1.29 is 14.7 Å². The van der Waals surface area contributed by atoms with Crippen LogP contribution in [-0.4, -0.2) is 38.8 Å². The van der Waals surface area contributed by atoms with E-state index in [2.05, 4.69) is 47.4 Å². The van der Waals surface area contributed by atoms with Crippen LogP contribution < -0.4 is 4.90 Å². The average molecular weight is 451 g/mol. The number of carboxylic acid groups (broad SMARTS) is 1. The Kier molecular flexibility index (Phi) is 5.10. The number of fused-ring (bicyclic) bond motifs is 3. The van der Waals surface area contributed by atoms with Gasteiger partial charge in [0, 0.05) is 23.3 Å². The predicted octanol–water partition coefficient (Wildman–Crippen LogP) is 5.15. The molecule has 2 aliphatic heterocycles. The molecule has 2 aromatic carbocycles. The minimum Gasteiger partial charge on any atom is -0.480 e. The van der Waals surface area contributed by atoms with Crippen LogP contribution in [0.2, 0.25) is 0 Å². The average Bonchev–Trinajstić information content (AvgIpc) is 3.42. The SMILES string of the molecule is C/C(=C1\SC(=S)N(CC(=O)O)C1=O)c1ccc2c(c1)C1CCCC1N2c1ccccc1. The van der Waals surface area contributed by atoms with Crippen LogP contribution in [0.1, 0.15) is 43.2 Å². The predicted molar refractivity (Wildman–Crippen MR) is 128 cm³/mol. The minimum atomic E-state index is -1.07. The Labute approximate surface area is 190 Å². The molecule has 5 nitrogen and oxygen atoms in total. The number of thiocarbonyl (C=S) groups is 1. The third kappa shape index (κ3) is 3.36. The second kappa shape index (κ2) is 7.80. The lowest BCUT2D eigenvalue weighted by atomic mass is 9.94. The number of nitrogens with zero attached hydrogens (tertiary/aromatic N) is 2. The summed E-state index contributed by atoms with van der Waals surface area (Å²) in [6, 6.07) is 17.5. The topological polar surface area (TPSA) is 60.9 Å². The third-order valence-electron chi connectivity index (χ3n) is 6.45. The highest BCUT2D eigenvalue weighted by atomic mass is 32.2. The van der Waals surface area contributed by atoms with E-state index < -0.39 is 12.5 Å². The maximum Gasteiger partial charge on any atom is 0.323 e. The summed E-state index contributed by atoms with van der Waals surface area (Å²) in [7, 11) is 0. The van der Waals surface area contributed by atoms with Crippen molar-refractivity contribution in [2.45, 2.75) is 38.1 Å². The molecule has 0 aromatic heterocycles. The Morgan fingerprint density at radius 3 is 2.71 bits per heavy atom. The van der Waals surface area contributed by atoms with Gasteiger partial charge in [-0.1, -0.05) is 54.7 Å². The number of benzene rings is 2. The number of carboxylic acids is 1. The van der Waals surface area contributed by atoms with Gasteiger partial charge in [0.05, 0.1) is 4.91 Å². The van der Waals surface area contributed by atoms with Gasteiger partial charge in [-0.3, -0.25) is 14.5 Å². The number of thioether (sulfide) groups is 1. The van der Waals surface area contributed by atoms with Crippen molar-refractivity contribution in [2.24, 2.45) is 0 Å². The number of hydrogen-bond acceptors (Lipinski definition) is 5. The molecule has 1 N–H and O–H groups in total. The molecule has 0 bridgehead atoms. The molecule has 31 heavy (non-hydrogen) atoms. The Balaban J connectivity index is 1.53. The normalized spacial score (nSPS) is 23.9. The molecule has 2 atom stereocenters.